The average molecular weight is 388 g/mol. The van der Waals surface area contributed by atoms with Crippen LogP contribution >= 0.6 is 0 Å². The summed E-state index contributed by atoms with van der Waals surface area (Å²) >= 11 is 0. The van der Waals surface area contributed by atoms with E-state index in [9.17, 15) is 4.79 Å². The molecule has 4 aromatic rings. The van der Waals surface area contributed by atoms with Gasteiger partial charge in [-0.05, 0) is 48.9 Å². The van der Waals surface area contributed by atoms with Gasteiger partial charge in [-0.15, -0.1) is 0 Å². The zero-order chi connectivity index (χ0) is 20.4. The van der Waals surface area contributed by atoms with Crippen molar-refractivity contribution in [1.82, 2.24) is 4.98 Å². The lowest BCUT2D eigenvalue weighted by Crippen LogP contribution is -2.14. The number of hydrogen-bond acceptors (Lipinski definition) is 5. The number of amides is 1. The number of ether oxygens (including phenoxy) is 1. The first-order chi connectivity index (χ1) is 14.0. The fraction of sp³-hybridized carbons (Fsp3) is 0.130. The van der Waals surface area contributed by atoms with E-state index in [-0.39, 0.29) is 5.76 Å². The number of nitrogens with two attached hydrogens (primary N) is 1. The minimum atomic E-state index is -0.615. The molecule has 6 nitrogen and oxygen atoms in total. The first-order valence-electron chi connectivity index (χ1n) is 9.13. The van der Waals surface area contributed by atoms with E-state index in [0.29, 0.717) is 12.3 Å². The number of aromatic nitrogens is 1. The molecule has 29 heavy (non-hydrogen) atoms. The summed E-state index contributed by atoms with van der Waals surface area (Å²) < 4.78 is 16.8. The second-order valence-electron chi connectivity index (χ2n) is 6.65. The van der Waals surface area contributed by atoms with Crippen LogP contribution in [-0.4, -0.2) is 18.0 Å². The average Bonchev–Trinajstić information content (AvgIpc) is 3.29. The molecule has 0 radical (unpaired) electrons. The van der Waals surface area contributed by atoms with E-state index in [1.807, 2.05) is 61.5 Å². The lowest BCUT2D eigenvalue weighted by atomic mass is 10.1. The number of benzene rings is 2. The molecule has 0 saturated carbocycles. The van der Waals surface area contributed by atoms with Gasteiger partial charge in [-0.3, -0.25) is 4.79 Å². The number of hydrogen-bond donors (Lipinski definition) is 1. The minimum Gasteiger partial charge on any atom is -0.491 e. The maximum absolute atomic E-state index is 11.3. The number of nitrogens with zero attached hydrogens (tertiary/aromatic N) is 1. The van der Waals surface area contributed by atoms with Crippen molar-refractivity contribution >= 4 is 23.0 Å². The number of primary amides is 1. The maximum Gasteiger partial charge on any atom is 0.283 e. The number of carbonyl (C=O) groups excluding carboxylic acids is 1. The summed E-state index contributed by atoms with van der Waals surface area (Å²) in [4.78, 5) is 16.0. The molecule has 0 saturated heterocycles. The molecule has 2 heterocycles. The lowest BCUT2D eigenvalue weighted by Gasteiger charge is -2.01. The summed E-state index contributed by atoms with van der Waals surface area (Å²) in [7, 11) is 1.41. The molecule has 0 aliphatic heterocycles. The summed E-state index contributed by atoms with van der Waals surface area (Å²) in [6.07, 6.45) is 2.12. The molecule has 6 heteroatoms. The molecular formula is C23H20N2O4. The van der Waals surface area contributed by atoms with Gasteiger partial charge in [-0.2, -0.15) is 0 Å². The molecule has 2 aromatic carbocycles. The first kappa shape index (κ1) is 18.6. The summed E-state index contributed by atoms with van der Waals surface area (Å²) in [5, 5.41) is 0.915. The van der Waals surface area contributed by atoms with Crippen molar-refractivity contribution in [3.63, 3.8) is 0 Å². The molecule has 2 aromatic heterocycles. The van der Waals surface area contributed by atoms with E-state index in [2.05, 4.69) is 4.98 Å². The fourth-order valence-electron chi connectivity index (χ4n) is 3.14. The Morgan fingerprint density at radius 2 is 1.93 bits per heavy atom. The van der Waals surface area contributed by atoms with Crippen molar-refractivity contribution in [2.24, 2.45) is 5.73 Å². The second kappa shape index (κ2) is 7.67. The molecule has 0 aliphatic carbocycles. The van der Waals surface area contributed by atoms with Crippen molar-refractivity contribution in [3.8, 4) is 11.5 Å². The fourth-order valence-corrected chi connectivity index (χ4v) is 3.14. The normalized spacial score (nSPS) is 11.7. The molecule has 4 rings (SSSR count). The van der Waals surface area contributed by atoms with E-state index in [4.69, 9.17) is 19.3 Å². The maximum atomic E-state index is 11.3. The Balaban J connectivity index is 1.61. The Hall–Kier alpha value is -3.80. The van der Waals surface area contributed by atoms with E-state index >= 15 is 0 Å². The van der Waals surface area contributed by atoms with Gasteiger partial charge in [0.15, 0.2) is 5.76 Å². The molecule has 0 spiro atoms. The van der Waals surface area contributed by atoms with Crippen LogP contribution < -0.4 is 5.73 Å². The largest absolute Gasteiger partial charge is 0.491 e. The number of methoxy groups -OCH3 is 1. The zero-order valence-electron chi connectivity index (χ0n) is 16.1. The summed E-state index contributed by atoms with van der Waals surface area (Å²) in [6.45, 7) is 1.90. The Bertz CT molecular complexity index is 1200. The van der Waals surface area contributed by atoms with E-state index in [0.717, 1.165) is 39.3 Å². The monoisotopic (exact) mass is 388 g/mol. The molecule has 146 valence electrons. The lowest BCUT2D eigenvalue weighted by molar-refractivity contribution is -0.117. The molecule has 2 N–H and O–H groups in total. The van der Waals surface area contributed by atoms with Crippen LogP contribution in [0.25, 0.3) is 28.5 Å². The highest BCUT2D eigenvalue weighted by Crippen LogP contribution is 2.27. The van der Waals surface area contributed by atoms with Gasteiger partial charge in [0.25, 0.3) is 5.91 Å². The second-order valence-corrected chi connectivity index (χ2v) is 6.65. The van der Waals surface area contributed by atoms with E-state index in [1.54, 1.807) is 6.08 Å². The quantitative estimate of drug-likeness (QED) is 0.389. The highest BCUT2D eigenvalue weighted by molar-refractivity contribution is 5.95. The van der Waals surface area contributed by atoms with Gasteiger partial charge in [0.2, 0.25) is 5.89 Å². The van der Waals surface area contributed by atoms with Crippen LogP contribution in [0.4, 0.5) is 0 Å². The third kappa shape index (κ3) is 3.91. The number of fused-ring (bicyclic) bond motifs is 1. The third-order valence-electron chi connectivity index (χ3n) is 4.61. The van der Waals surface area contributed by atoms with Crippen molar-refractivity contribution in [3.05, 3.63) is 83.1 Å². The Morgan fingerprint density at radius 1 is 1.14 bits per heavy atom. The number of aryl methyl sites for hydroxylation is 1. The van der Waals surface area contributed by atoms with Crippen molar-refractivity contribution in [2.45, 2.75) is 13.3 Å². The molecule has 0 fully saturated rings. The summed E-state index contributed by atoms with van der Waals surface area (Å²) in [5.41, 5.74) is 8.60. The predicted octanol–water partition coefficient (Wildman–Crippen LogP) is 4.46. The van der Waals surface area contributed by atoms with E-state index in [1.165, 1.54) is 7.11 Å². The van der Waals surface area contributed by atoms with Crippen LogP contribution in [0.15, 0.2) is 69.2 Å². The van der Waals surface area contributed by atoms with Crippen LogP contribution in [-0.2, 0) is 16.0 Å². The van der Waals surface area contributed by atoms with Gasteiger partial charge in [0.05, 0.1) is 19.2 Å². The summed E-state index contributed by atoms with van der Waals surface area (Å²) in [5.74, 6) is 1.62. The van der Waals surface area contributed by atoms with Gasteiger partial charge in [0, 0.05) is 10.9 Å². The molecule has 1 amide bonds. The predicted molar refractivity (Wildman–Crippen MR) is 110 cm³/mol. The zero-order valence-corrected chi connectivity index (χ0v) is 16.1. The molecule has 0 atom stereocenters. The highest BCUT2D eigenvalue weighted by atomic mass is 16.5. The highest BCUT2D eigenvalue weighted by Gasteiger charge is 2.14. The SMILES string of the molecule is CO/C(=C\c1ccc2oc(Cc3nc(-c4ccccc4)oc3C)cc2c1)C(N)=O. The standard InChI is InChI=1S/C23H20N2O4/c1-14-19(25-23(28-14)16-6-4-3-5-7-16)13-18-12-17-10-15(8-9-20(17)29-18)11-21(27-2)22(24)26/h3-12H,13H2,1-2H3,(H2,24,26)/b21-11-. The number of carbonyl (C=O) groups is 1. The van der Waals surface area contributed by atoms with Gasteiger partial charge < -0.3 is 19.3 Å². The van der Waals surface area contributed by atoms with Crippen LogP contribution in [0.3, 0.4) is 0 Å². The topological polar surface area (TPSA) is 91.5 Å². The summed E-state index contributed by atoms with van der Waals surface area (Å²) in [6, 6.07) is 17.3. The minimum absolute atomic E-state index is 0.0970. The van der Waals surface area contributed by atoms with Crippen LogP contribution in [0.5, 0.6) is 0 Å². The van der Waals surface area contributed by atoms with Gasteiger partial charge >= 0.3 is 0 Å². The first-order valence-corrected chi connectivity index (χ1v) is 9.13. The smallest absolute Gasteiger partial charge is 0.283 e. The molecular weight excluding hydrogens is 368 g/mol. The Labute approximate surface area is 167 Å². The molecule has 0 bridgehead atoms. The van der Waals surface area contributed by atoms with Crippen molar-refractivity contribution in [1.29, 1.82) is 0 Å². The molecule has 0 unspecified atom stereocenters. The number of rotatable bonds is 6. The van der Waals surface area contributed by atoms with Crippen LogP contribution in [0.1, 0.15) is 22.8 Å². The van der Waals surface area contributed by atoms with E-state index < -0.39 is 5.91 Å². The van der Waals surface area contributed by atoms with Gasteiger partial charge in [0.1, 0.15) is 17.1 Å². The number of oxazole rings is 1. The third-order valence-corrected chi connectivity index (χ3v) is 4.61. The van der Waals surface area contributed by atoms with Crippen molar-refractivity contribution < 1.29 is 18.4 Å². The number of furan rings is 1. The van der Waals surface area contributed by atoms with Gasteiger partial charge in [-0.25, -0.2) is 4.98 Å². The molecule has 0 aliphatic rings. The van der Waals surface area contributed by atoms with Gasteiger partial charge in [-0.1, -0.05) is 24.3 Å². The van der Waals surface area contributed by atoms with Crippen molar-refractivity contribution in [2.75, 3.05) is 7.11 Å². The Morgan fingerprint density at radius 3 is 2.66 bits per heavy atom. The van der Waals surface area contributed by atoms with Crippen LogP contribution in [0.2, 0.25) is 0 Å². The Kier molecular flexibility index (Phi) is 4.91. The van der Waals surface area contributed by atoms with Crippen LogP contribution in [0, 0.1) is 6.92 Å².